The van der Waals surface area contributed by atoms with E-state index in [1.807, 2.05) is 6.92 Å². The SMILES string of the molecule is CCNC(=NCCCOCC)NCCCOC1CCCC1.I. The van der Waals surface area contributed by atoms with Crippen molar-refractivity contribution in [1.82, 2.24) is 10.6 Å². The molecule has 1 saturated carbocycles. The number of rotatable bonds is 11. The van der Waals surface area contributed by atoms with Crippen LogP contribution in [0.5, 0.6) is 0 Å². The topological polar surface area (TPSA) is 54.9 Å². The van der Waals surface area contributed by atoms with Crippen LogP contribution in [0.15, 0.2) is 4.99 Å². The summed E-state index contributed by atoms with van der Waals surface area (Å²) < 4.78 is 11.2. The Hall–Kier alpha value is -0.0800. The van der Waals surface area contributed by atoms with E-state index in [4.69, 9.17) is 9.47 Å². The molecule has 132 valence electrons. The second kappa shape index (κ2) is 15.8. The zero-order chi connectivity index (χ0) is 15.2. The van der Waals surface area contributed by atoms with Gasteiger partial charge in [0.25, 0.3) is 0 Å². The van der Waals surface area contributed by atoms with Crippen molar-refractivity contribution < 1.29 is 9.47 Å². The molecule has 1 aliphatic carbocycles. The summed E-state index contributed by atoms with van der Waals surface area (Å²) in [6, 6.07) is 0. The van der Waals surface area contributed by atoms with Crippen LogP contribution in [-0.4, -0.2) is 51.5 Å². The fourth-order valence-corrected chi connectivity index (χ4v) is 2.43. The van der Waals surface area contributed by atoms with Crippen LogP contribution in [0.25, 0.3) is 0 Å². The van der Waals surface area contributed by atoms with E-state index in [1.165, 1.54) is 25.7 Å². The van der Waals surface area contributed by atoms with Gasteiger partial charge in [0.2, 0.25) is 0 Å². The molecule has 0 radical (unpaired) electrons. The van der Waals surface area contributed by atoms with Gasteiger partial charge in [0.05, 0.1) is 6.10 Å². The van der Waals surface area contributed by atoms with Crippen molar-refractivity contribution in [2.24, 2.45) is 4.99 Å². The zero-order valence-corrected chi connectivity index (χ0v) is 16.6. The lowest BCUT2D eigenvalue weighted by atomic mass is 10.3. The minimum Gasteiger partial charge on any atom is -0.382 e. The molecule has 22 heavy (non-hydrogen) atoms. The van der Waals surface area contributed by atoms with E-state index in [9.17, 15) is 0 Å². The summed E-state index contributed by atoms with van der Waals surface area (Å²) in [5.41, 5.74) is 0. The highest BCUT2D eigenvalue weighted by molar-refractivity contribution is 14.0. The summed E-state index contributed by atoms with van der Waals surface area (Å²) >= 11 is 0. The van der Waals surface area contributed by atoms with Gasteiger partial charge < -0.3 is 20.1 Å². The highest BCUT2D eigenvalue weighted by Crippen LogP contribution is 2.20. The van der Waals surface area contributed by atoms with Gasteiger partial charge in [-0.25, -0.2) is 0 Å². The van der Waals surface area contributed by atoms with Crippen molar-refractivity contribution in [3.63, 3.8) is 0 Å². The van der Waals surface area contributed by atoms with Crippen LogP contribution in [0, 0.1) is 0 Å². The minimum atomic E-state index is 0. The van der Waals surface area contributed by atoms with Gasteiger partial charge in [-0.15, -0.1) is 24.0 Å². The maximum absolute atomic E-state index is 5.85. The Morgan fingerprint density at radius 1 is 1.09 bits per heavy atom. The van der Waals surface area contributed by atoms with E-state index in [0.717, 1.165) is 58.3 Å². The lowest BCUT2D eigenvalue weighted by Crippen LogP contribution is -2.38. The molecular formula is C16H34IN3O2. The smallest absolute Gasteiger partial charge is 0.191 e. The number of hydrogen-bond donors (Lipinski definition) is 2. The summed E-state index contributed by atoms with van der Waals surface area (Å²) in [6.07, 6.45) is 7.68. The summed E-state index contributed by atoms with van der Waals surface area (Å²) in [5.74, 6) is 0.898. The van der Waals surface area contributed by atoms with Crippen LogP contribution in [0.2, 0.25) is 0 Å². The predicted molar refractivity (Wildman–Crippen MR) is 103 cm³/mol. The third-order valence-corrected chi connectivity index (χ3v) is 3.53. The molecule has 6 heteroatoms. The first-order chi connectivity index (χ1) is 10.4. The molecule has 0 aromatic heterocycles. The Morgan fingerprint density at radius 3 is 2.55 bits per heavy atom. The van der Waals surface area contributed by atoms with Crippen LogP contribution >= 0.6 is 24.0 Å². The van der Waals surface area contributed by atoms with E-state index in [0.29, 0.717) is 6.10 Å². The van der Waals surface area contributed by atoms with Gasteiger partial charge in [0.15, 0.2) is 5.96 Å². The Morgan fingerprint density at radius 2 is 1.86 bits per heavy atom. The first-order valence-corrected chi connectivity index (χ1v) is 8.58. The van der Waals surface area contributed by atoms with Crippen LogP contribution in [0.3, 0.4) is 0 Å². The molecule has 0 unspecified atom stereocenters. The number of hydrogen-bond acceptors (Lipinski definition) is 3. The van der Waals surface area contributed by atoms with Crippen molar-refractivity contribution in [3.8, 4) is 0 Å². The number of halogens is 1. The zero-order valence-electron chi connectivity index (χ0n) is 14.2. The molecule has 0 atom stereocenters. The van der Waals surface area contributed by atoms with Crippen LogP contribution in [-0.2, 0) is 9.47 Å². The molecule has 2 N–H and O–H groups in total. The van der Waals surface area contributed by atoms with Crippen molar-refractivity contribution >= 4 is 29.9 Å². The first kappa shape index (κ1) is 21.9. The van der Waals surface area contributed by atoms with E-state index >= 15 is 0 Å². The maximum atomic E-state index is 5.85. The predicted octanol–water partition coefficient (Wildman–Crippen LogP) is 2.94. The standard InChI is InChI=1S/C16H33N3O2.HI/c1-3-17-16(18-11-7-13-20-4-2)19-12-8-14-21-15-9-5-6-10-15;/h15H,3-14H2,1-2H3,(H2,17,18,19);1H. The van der Waals surface area contributed by atoms with Crippen LogP contribution < -0.4 is 10.6 Å². The molecule has 0 aliphatic heterocycles. The number of nitrogens with one attached hydrogen (secondary N) is 2. The van der Waals surface area contributed by atoms with Gasteiger partial charge in [-0.3, -0.25) is 4.99 Å². The van der Waals surface area contributed by atoms with Gasteiger partial charge in [-0.2, -0.15) is 0 Å². The van der Waals surface area contributed by atoms with Crippen molar-refractivity contribution in [2.45, 2.75) is 58.5 Å². The second-order valence-electron chi connectivity index (χ2n) is 5.37. The van der Waals surface area contributed by atoms with E-state index in [-0.39, 0.29) is 24.0 Å². The van der Waals surface area contributed by atoms with E-state index in [1.54, 1.807) is 0 Å². The Labute approximate surface area is 153 Å². The Balaban J connectivity index is 0.00000441. The quantitative estimate of drug-likeness (QED) is 0.231. The van der Waals surface area contributed by atoms with Gasteiger partial charge in [0.1, 0.15) is 0 Å². The van der Waals surface area contributed by atoms with Crippen LogP contribution in [0.4, 0.5) is 0 Å². The minimum absolute atomic E-state index is 0. The van der Waals surface area contributed by atoms with E-state index in [2.05, 4.69) is 22.5 Å². The Bertz CT molecular complexity index is 272. The largest absolute Gasteiger partial charge is 0.382 e. The monoisotopic (exact) mass is 427 g/mol. The lowest BCUT2D eigenvalue weighted by Gasteiger charge is -2.13. The summed E-state index contributed by atoms with van der Waals surface area (Å²) in [4.78, 5) is 4.53. The third kappa shape index (κ3) is 11.5. The van der Waals surface area contributed by atoms with E-state index < -0.39 is 0 Å². The van der Waals surface area contributed by atoms with Crippen molar-refractivity contribution in [3.05, 3.63) is 0 Å². The summed E-state index contributed by atoms with van der Waals surface area (Å²) in [7, 11) is 0. The normalized spacial score (nSPS) is 15.6. The molecule has 0 aromatic carbocycles. The molecule has 0 saturated heterocycles. The highest BCUT2D eigenvalue weighted by atomic mass is 127. The molecule has 0 amide bonds. The third-order valence-electron chi connectivity index (χ3n) is 3.53. The number of guanidine groups is 1. The molecule has 0 aromatic rings. The summed E-state index contributed by atoms with van der Waals surface area (Å²) in [6.45, 7) is 9.11. The van der Waals surface area contributed by atoms with Gasteiger partial charge in [-0.1, -0.05) is 12.8 Å². The summed E-state index contributed by atoms with van der Waals surface area (Å²) in [5, 5.41) is 6.62. The van der Waals surface area contributed by atoms with Crippen LogP contribution in [0.1, 0.15) is 52.4 Å². The number of aliphatic imine (C=N–C) groups is 1. The van der Waals surface area contributed by atoms with Crippen molar-refractivity contribution in [2.75, 3.05) is 39.5 Å². The Kier molecular flexibility index (Phi) is 15.7. The first-order valence-electron chi connectivity index (χ1n) is 8.58. The lowest BCUT2D eigenvalue weighted by molar-refractivity contribution is 0.0574. The molecule has 5 nitrogen and oxygen atoms in total. The molecule has 1 fully saturated rings. The number of nitrogens with zero attached hydrogens (tertiary/aromatic N) is 1. The molecule has 1 rings (SSSR count). The van der Waals surface area contributed by atoms with Crippen molar-refractivity contribution in [1.29, 1.82) is 0 Å². The average Bonchev–Trinajstić information content (AvgIpc) is 3.00. The fourth-order valence-electron chi connectivity index (χ4n) is 2.43. The number of ether oxygens (including phenoxy) is 2. The highest BCUT2D eigenvalue weighted by Gasteiger charge is 2.14. The molecule has 0 heterocycles. The van der Waals surface area contributed by atoms with Gasteiger partial charge >= 0.3 is 0 Å². The van der Waals surface area contributed by atoms with Gasteiger partial charge in [0, 0.05) is 39.5 Å². The van der Waals surface area contributed by atoms with Gasteiger partial charge in [-0.05, 0) is 39.5 Å². The average molecular weight is 427 g/mol. The second-order valence-corrected chi connectivity index (χ2v) is 5.37. The molecule has 0 bridgehead atoms. The fraction of sp³-hybridized carbons (Fsp3) is 0.938. The maximum Gasteiger partial charge on any atom is 0.191 e. The molecule has 1 aliphatic rings. The molecule has 0 spiro atoms. The molecular weight excluding hydrogens is 393 g/mol.